The molecule has 1 aliphatic heterocycles. The first-order chi connectivity index (χ1) is 29.7. The number of nitrogens with one attached hydrogen (secondary N) is 1. The molecule has 62 heavy (non-hydrogen) atoms. The molecule has 0 bridgehead atoms. The first-order valence-electron chi connectivity index (χ1n) is 20.6. The summed E-state index contributed by atoms with van der Waals surface area (Å²) < 4.78 is 0. The lowest BCUT2D eigenvalue weighted by Crippen LogP contribution is -2.55. The largest absolute Gasteiger partial charge is 0.549 e. The molecule has 1 heterocycles. The Morgan fingerprint density at radius 1 is 0.694 bits per heavy atom. The number of rotatable bonds is 22. The highest BCUT2D eigenvalue weighted by atomic mass is 16.4. The summed E-state index contributed by atoms with van der Waals surface area (Å²) in [4.78, 5) is 67.2. The number of hydrogen-bond donors (Lipinski definition) is 3. The molecule has 1 unspecified atom stereocenters. The molecule has 0 spiro atoms. The SMILES string of the molecule is C=CC(=O)NCCCCN(Cc1cccc(-c2ccc(CC3CN(CC(=O)[O-])CCN(CC(=O)[O-])CCN(CC(=O)[O-])CCN3CC(=O)[O-])cc2)c1)Cc1ccccc1B(O)O. The summed E-state index contributed by atoms with van der Waals surface area (Å²) in [5, 5.41) is 69.9. The highest BCUT2D eigenvalue weighted by molar-refractivity contribution is 6.59. The number of carboxylic acids is 4. The van der Waals surface area contributed by atoms with Gasteiger partial charge in [0.05, 0.1) is 23.9 Å². The van der Waals surface area contributed by atoms with Gasteiger partial charge in [-0.15, -0.1) is 0 Å². The predicted molar refractivity (Wildman–Crippen MR) is 223 cm³/mol. The smallest absolute Gasteiger partial charge is 0.488 e. The quantitative estimate of drug-likeness (QED) is 0.0488. The van der Waals surface area contributed by atoms with Crippen molar-refractivity contribution >= 4 is 42.4 Å². The number of carbonyl (C=O) groups excluding carboxylic acids is 5. The van der Waals surface area contributed by atoms with Crippen molar-refractivity contribution in [3.63, 3.8) is 0 Å². The Bertz CT molecular complexity index is 1950. The molecule has 3 aromatic carbocycles. The van der Waals surface area contributed by atoms with Crippen LogP contribution in [0.1, 0.15) is 29.5 Å². The van der Waals surface area contributed by atoms with Gasteiger partial charge in [0.2, 0.25) is 5.91 Å². The topological polar surface area (TPSA) is 246 Å². The Labute approximate surface area is 362 Å². The van der Waals surface area contributed by atoms with E-state index in [2.05, 4.69) is 22.9 Å². The van der Waals surface area contributed by atoms with Crippen molar-refractivity contribution in [2.45, 2.75) is 38.4 Å². The number of nitrogens with zero attached hydrogens (tertiary/aromatic N) is 5. The van der Waals surface area contributed by atoms with E-state index in [1.807, 2.05) is 54.6 Å². The molecule has 17 nitrogen and oxygen atoms in total. The summed E-state index contributed by atoms with van der Waals surface area (Å²) in [6, 6.07) is 22.3. The molecule has 1 fully saturated rings. The maximum atomic E-state index is 12.0. The van der Waals surface area contributed by atoms with E-state index in [1.165, 1.54) is 11.0 Å². The Kier molecular flexibility index (Phi) is 20.2. The summed E-state index contributed by atoms with van der Waals surface area (Å²) in [7, 11) is -1.62. The molecule has 4 rings (SSSR count). The predicted octanol–water partition coefficient (Wildman–Crippen LogP) is -4.75. The van der Waals surface area contributed by atoms with Crippen LogP contribution in [0.15, 0.2) is 85.5 Å². The molecule has 3 aromatic rings. The molecule has 0 radical (unpaired) electrons. The van der Waals surface area contributed by atoms with Crippen LogP contribution in [0.4, 0.5) is 0 Å². The van der Waals surface area contributed by atoms with Crippen molar-refractivity contribution in [1.82, 2.24) is 29.8 Å². The van der Waals surface area contributed by atoms with E-state index < -0.39 is 63.2 Å². The molecule has 1 amide bonds. The van der Waals surface area contributed by atoms with Crippen LogP contribution in [0.25, 0.3) is 11.1 Å². The third-order valence-corrected chi connectivity index (χ3v) is 10.7. The monoisotopic (exact) mass is 854 g/mol. The fourth-order valence-corrected chi connectivity index (χ4v) is 7.66. The van der Waals surface area contributed by atoms with Gasteiger partial charge in [0.1, 0.15) is 0 Å². The summed E-state index contributed by atoms with van der Waals surface area (Å²) in [5.74, 6) is -5.64. The Morgan fingerprint density at radius 3 is 1.90 bits per heavy atom. The van der Waals surface area contributed by atoms with Crippen molar-refractivity contribution in [2.24, 2.45) is 0 Å². The average Bonchev–Trinajstić information content (AvgIpc) is 3.21. The Morgan fingerprint density at radius 2 is 1.29 bits per heavy atom. The van der Waals surface area contributed by atoms with Gasteiger partial charge in [0.25, 0.3) is 0 Å². The number of benzene rings is 3. The van der Waals surface area contributed by atoms with Crippen molar-refractivity contribution in [2.75, 3.05) is 85.1 Å². The van der Waals surface area contributed by atoms with Crippen LogP contribution < -0.4 is 31.2 Å². The molecule has 1 aliphatic rings. The van der Waals surface area contributed by atoms with Gasteiger partial charge in [0.15, 0.2) is 0 Å². The van der Waals surface area contributed by atoms with E-state index in [-0.39, 0.29) is 58.1 Å². The van der Waals surface area contributed by atoms with E-state index in [9.17, 15) is 54.4 Å². The van der Waals surface area contributed by atoms with Gasteiger partial charge in [0, 0.05) is 97.7 Å². The van der Waals surface area contributed by atoms with Crippen LogP contribution in [0, 0.1) is 0 Å². The van der Waals surface area contributed by atoms with Gasteiger partial charge in [-0.2, -0.15) is 0 Å². The Hall–Kier alpha value is -5.47. The third-order valence-electron chi connectivity index (χ3n) is 10.7. The first-order valence-corrected chi connectivity index (χ1v) is 20.6. The molecule has 334 valence electrons. The highest BCUT2D eigenvalue weighted by Gasteiger charge is 2.25. The number of hydrogen-bond acceptors (Lipinski definition) is 16. The van der Waals surface area contributed by atoms with Gasteiger partial charge in [-0.25, -0.2) is 0 Å². The maximum absolute atomic E-state index is 12.0. The Balaban J connectivity index is 1.56. The number of aliphatic carboxylic acids is 4. The molecule has 18 heteroatoms. The summed E-state index contributed by atoms with van der Waals surface area (Å²) in [6.45, 7) is 4.52. The van der Waals surface area contributed by atoms with Gasteiger partial charge < -0.3 is 55.0 Å². The fraction of sp³-hybridized carbons (Fsp3) is 0.432. The number of unbranched alkanes of at least 4 members (excludes halogenated alkanes) is 1. The van der Waals surface area contributed by atoms with Crippen molar-refractivity contribution in [3.05, 3.63) is 102 Å². The first kappa shape index (κ1) is 49.2. The average molecular weight is 855 g/mol. The van der Waals surface area contributed by atoms with Gasteiger partial charge in [-0.3, -0.25) is 29.3 Å². The minimum atomic E-state index is -1.62. The van der Waals surface area contributed by atoms with Crippen LogP contribution in [-0.4, -0.2) is 163 Å². The summed E-state index contributed by atoms with van der Waals surface area (Å²) >= 11 is 0. The zero-order valence-electron chi connectivity index (χ0n) is 34.9. The number of carbonyl (C=O) groups is 5. The van der Waals surface area contributed by atoms with Crippen molar-refractivity contribution < 1.29 is 54.4 Å². The normalized spacial score (nSPS) is 16.2. The zero-order valence-corrected chi connectivity index (χ0v) is 34.9. The second-order valence-electron chi connectivity index (χ2n) is 15.5. The molecule has 3 N–H and O–H groups in total. The zero-order chi connectivity index (χ0) is 45.0. The van der Waals surface area contributed by atoms with Gasteiger partial charge in [-0.05, 0) is 71.2 Å². The molecule has 0 aromatic heterocycles. The molecular weight excluding hydrogens is 799 g/mol. The van der Waals surface area contributed by atoms with E-state index in [0.717, 1.165) is 40.7 Å². The summed E-state index contributed by atoms with van der Waals surface area (Å²) in [6.07, 6.45) is 3.02. The van der Waals surface area contributed by atoms with Gasteiger partial charge >= 0.3 is 7.12 Å². The highest BCUT2D eigenvalue weighted by Crippen LogP contribution is 2.24. The fourth-order valence-electron chi connectivity index (χ4n) is 7.66. The van der Waals surface area contributed by atoms with Crippen LogP contribution in [-0.2, 0) is 43.5 Å². The van der Waals surface area contributed by atoms with E-state index in [4.69, 9.17) is 0 Å². The van der Waals surface area contributed by atoms with Gasteiger partial charge in [-0.1, -0.05) is 73.3 Å². The molecule has 1 atom stereocenters. The lowest BCUT2D eigenvalue weighted by molar-refractivity contribution is -0.309. The standard InChI is InChI=1S/C44H59BN6O11/c1-2-40(52)46-16-5-6-17-49(27-37-9-3-4-11-39(37)45(61)62)26-34-8-7-10-36(24-34)35-14-12-33(13-15-35)25-38-28-50(31-43(57)58)21-20-47(29-41(53)54)18-19-48(30-42(55)56)22-23-51(38)32-44(59)60/h2-4,7-15,24,38,61-62H,1,5-6,16-23,25-32H2,(H,46,52)(H,53,54)(H,55,56)(H,57,58)(H,59,60)/p-4. The lowest BCUT2D eigenvalue weighted by Gasteiger charge is -2.39. The van der Waals surface area contributed by atoms with Crippen LogP contribution in [0.2, 0.25) is 0 Å². The number of carboxylic acid groups (broad SMARTS) is 4. The van der Waals surface area contributed by atoms with Crippen LogP contribution in [0.3, 0.4) is 0 Å². The molecular formula is C44H55BN6O11-4. The molecule has 1 saturated heterocycles. The minimum absolute atomic E-state index is 0.0758. The lowest BCUT2D eigenvalue weighted by atomic mass is 9.77. The van der Waals surface area contributed by atoms with Crippen molar-refractivity contribution in [1.29, 1.82) is 0 Å². The molecule has 0 aliphatic carbocycles. The van der Waals surface area contributed by atoms with E-state index >= 15 is 0 Å². The number of amides is 1. The summed E-state index contributed by atoms with van der Waals surface area (Å²) in [5.41, 5.74) is 4.88. The van der Waals surface area contributed by atoms with Crippen LogP contribution in [0.5, 0.6) is 0 Å². The van der Waals surface area contributed by atoms with Crippen molar-refractivity contribution in [3.8, 4) is 11.1 Å². The molecule has 0 saturated carbocycles. The second kappa shape index (κ2) is 25.5. The maximum Gasteiger partial charge on any atom is 0.488 e. The second-order valence-corrected chi connectivity index (χ2v) is 15.5. The minimum Gasteiger partial charge on any atom is -0.549 e. The third kappa shape index (κ3) is 17.5. The van der Waals surface area contributed by atoms with E-state index in [0.29, 0.717) is 31.6 Å². The van der Waals surface area contributed by atoms with Crippen LogP contribution >= 0.6 is 0 Å². The van der Waals surface area contributed by atoms with E-state index in [1.54, 1.807) is 26.8 Å².